The summed E-state index contributed by atoms with van der Waals surface area (Å²) in [5.74, 6) is -0.296. The normalized spacial score (nSPS) is 11.8. The highest BCUT2D eigenvalue weighted by molar-refractivity contribution is 7.89. The summed E-state index contributed by atoms with van der Waals surface area (Å²) < 4.78 is 26.6. The van der Waals surface area contributed by atoms with Crippen molar-refractivity contribution in [1.29, 1.82) is 0 Å². The summed E-state index contributed by atoms with van der Waals surface area (Å²) in [6.07, 6.45) is 3.00. The number of hydrogen-bond donors (Lipinski definition) is 2. The van der Waals surface area contributed by atoms with Gasteiger partial charge in [-0.2, -0.15) is 0 Å². The van der Waals surface area contributed by atoms with Gasteiger partial charge >= 0.3 is 0 Å². The van der Waals surface area contributed by atoms with Crippen LogP contribution in [0.3, 0.4) is 0 Å². The summed E-state index contributed by atoms with van der Waals surface area (Å²) in [4.78, 5) is 16.1. The predicted octanol–water partition coefficient (Wildman–Crippen LogP) is 1.87. The first-order valence-electron chi connectivity index (χ1n) is 7.31. The van der Waals surface area contributed by atoms with Gasteiger partial charge in [-0.25, -0.2) is 18.1 Å². The molecule has 0 saturated carbocycles. The maximum Gasteiger partial charge on any atom is 0.244 e. The number of carbonyl (C=O) groups is 1. The van der Waals surface area contributed by atoms with Crippen molar-refractivity contribution in [3.05, 3.63) is 52.0 Å². The fourth-order valence-electron chi connectivity index (χ4n) is 1.85. The first kappa shape index (κ1) is 18.3. The second-order valence-corrected chi connectivity index (χ2v) is 7.96. The van der Waals surface area contributed by atoms with Gasteiger partial charge in [-0.15, -0.1) is 11.3 Å². The van der Waals surface area contributed by atoms with E-state index >= 15 is 0 Å². The number of carbonyl (C=O) groups excluding carboxylic acids is 1. The number of aryl methyl sites for hydroxylation is 2. The van der Waals surface area contributed by atoms with Gasteiger partial charge in [0.2, 0.25) is 15.9 Å². The van der Waals surface area contributed by atoms with Gasteiger partial charge in [0.1, 0.15) is 0 Å². The van der Waals surface area contributed by atoms with E-state index in [0.717, 1.165) is 16.3 Å². The summed E-state index contributed by atoms with van der Waals surface area (Å²) in [5, 5.41) is 5.40. The molecule has 2 N–H and O–H groups in total. The molecule has 0 saturated heterocycles. The van der Waals surface area contributed by atoms with E-state index < -0.39 is 10.0 Å². The average molecular weight is 365 g/mol. The molecule has 0 spiro atoms. The number of aromatic nitrogens is 1. The Morgan fingerprint density at radius 2 is 1.92 bits per heavy atom. The fourth-order valence-corrected chi connectivity index (χ4v) is 3.46. The minimum Gasteiger partial charge on any atom is -0.351 e. The third kappa shape index (κ3) is 5.55. The highest BCUT2D eigenvalue weighted by Crippen LogP contribution is 2.10. The number of rotatable bonds is 7. The van der Waals surface area contributed by atoms with E-state index in [4.69, 9.17) is 0 Å². The zero-order valence-corrected chi connectivity index (χ0v) is 15.1. The molecule has 1 aromatic heterocycles. The van der Waals surface area contributed by atoms with Crippen LogP contribution in [0.15, 0.2) is 40.6 Å². The van der Waals surface area contributed by atoms with Crippen LogP contribution in [0.5, 0.6) is 0 Å². The Kier molecular flexibility index (Phi) is 6.24. The van der Waals surface area contributed by atoms with Crippen molar-refractivity contribution in [2.45, 2.75) is 18.7 Å². The van der Waals surface area contributed by atoms with E-state index in [2.05, 4.69) is 15.0 Å². The van der Waals surface area contributed by atoms with Gasteiger partial charge in [0.25, 0.3) is 0 Å². The zero-order valence-electron chi connectivity index (χ0n) is 13.4. The first-order valence-corrected chi connectivity index (χ1v) is 9.67. The molecule has 0 aliphatic heterocycles. The van der Waals surface area contributed by atoms with Crippen molar-refractivity contribution in [2.75, 3.05) is 13.1 Å². The van der Waals surface area contributed by atoms with Gasteiger partial charge in [-0.1, -0.05) is 17.7 Å². The number of nitrogens with zero attached hydrogens (tertiary/aromatic N) is 1. The lowest BCUT2D eigenvalue weighted by Gasteiger charge is -2.07. The van der Waals surface area contributed by atoms with E-state index in [9.17, 15) is 13.2 Å². The van der Waals surface area contributed by atoms with Crippen LogP contribution in [0, 0.1) is 13.8 Å². The van der Waals surface area contributed by atoms with Crippen LogP contribution in [-0.2, 0) is 14.8 Å². The van der Waals surface area contributed by atoms with Crippen LogP contribution in [0.4, 0.5) is 0 Å². The third-order valence-electron chi connectivity index (χ3n) is 3.09. The molecule has 2 aromatic rings. The predicted molar refractivity (Wildman–Crippen MR) is 95.3 cm³/mol. The van der Waals surface area contributed by atoms with Crippen LogP contribution in [0.2, 0.25) is 0 Å². The van der Waals surface area contributed by atoms with Crippen molar-refractivity contribution in [1.82, 2.24) is 15.0 Å². The van der Waals surface area contributed by atoms with Crippen LogP contribution in [0.1, 0.15) is 16.3 Å². The van der Waals surface area contributed by atoms with Crippen molar-refractivity contribution in [2.24, 2.45) is 0 Å². The molecule has 0 aliphatic rings. The van der Waals surface area contributed by atoms with Crippen LogP contribution < -0.4 is 10.0 Å². The lowest BCUT2D eigenvalue weighted by atomic mass is 10.2. The molecule has 1 heterocycles. The maximum absolute atomic E-state index is 12.1. The summed E-state index contributed by atoms with van der Waals surface area (Å²) in [6.45, 7) is 4.10. The molecule has 8 heteroatoms. The standard InChI is InChI=1S/C16H19N3O3S2/c1-12-3-6-15(7-4-12)24(21,22)18-10-9-17-16(20)8-5-14-11-23-13(2)19-14/h3-8,11,18H,9-10H2,1-2H3,(H,17,20)/b8-5+. The second-order valence-electron chi connectivity index (χ2n) is 5.13. The maximum atomic E-state index is 12.1. The van der Waals surface area contributed by atoms with Gasteiger partial charge in [-0.3, -0.25) is 4.79 Å². The van der Waals surface area contributed by atoms with E-state index in [0.29, 0.717) is 0 Å². The zero-order chi connectivity index (χ0) is 17.6. The van der Waals surface area contributed by atoms with Crippen molar-refractivity contribution >= 4 is 33.3 Å². The Labute approximate surface area is 145 Å². The van der Waals surface area contributed by atoms with E-state index in [-0.39, 0.29) is 23.9 Å². The van der Waals surface area contributed by atoms with Crippen molar-refractivity contribution < 1.29 is 13.2 Å². The first-order chi connectivity index (χ1) is 11.4. The van der Waals surface area contributed by atoms with Gasteiger partial charge in [0, 0.05) is 24.5 Å². The topological polar surface area (TPSA) is 88.2 Å². The number of amides is 1. The molecule has 0 unspecified atom stereocenters. The molecule has 128 valence electrons. The number of sulfonamides is 1. The molecule has 0 atom stereocenters. The Bertz CT molecular complexity index is 825. The molecule has 1 aromatic carbocycles. The minimum atomic E-state index is -3.56. The lowest BCUT2D eigenvalue weighted by Crippen LogP contribution is -2.34. The number of thiazole rings is 1. The molecule has 0 radical (unpaired) electrons. The molecule has 0 aliphatic carbocycles. The molecule has 0 fully saturated rings. The number of hydrogen-bond acceptors (Lipinski definition) is 5. The molecule has 6 nitrogen and oxygen atoms in total. The summed E-state index contributed by atoms with van der Waals surface area (Å²) >= 11 is 1.51. The molecule has 24 heavy (non-hydrogen) atoms. The molecular weight excluding hydrogens is 346 g/mol. The van der Waals surface area contributed by atoms with Gasteiger partial charge in [0.15, 0.2) is 0 Å². The Morgan fingerprint density at radius 1 is 1.21 bits per heavy atom. The second kappa shape index (κ2) is 8.18. The molecular formula is C16H19N3O3S2. The van der Waals surface area contributed by atoms with Crippen molar-refractivity contribution in [3.8, 4) is 0 Å². The smallest absolute Gasteiger partial charge is 0.244 e. The summed E-state index contributed by atoms with van der Waals surface area (Å²) in [6, 6.07) is 6.58. The van der Waals surface area contributed by atoms with Crippen LogP contribution >= 0.6 is 11.3 Å². The average Bonchev–Trinajstić information content (AvgIpc) is 2.95. The molecule has 1 amide bonds. The van der Waals surface area contributed by atoms with Gasteiger partial charge in [-0.05, 0) is 32.1 Å². The SMILES string of the molecule is Cc1ccc(S(=O)(=O)NCCNC(=O)/C=C/c2csc(C)n2)cc1. The fraction of sp³-hybridized carbons (Fsp3) is 0.250. The van der Waals surface area contributed by atoms with Gasteiger partial charge in [0.05, 0.1) is 15.6 Å². The van der Waals surface area contributed by atoms with Crippen molar-refractivity contribution in [3.63, 3.8) is 0 Å². The largest absolute Gasteiger partial charge is 0.351 e. The van der Waals surface area contributed by atoms with E-state index in [1.165, 1.54) is 17.4 Å². The monoisotopic (exact) mass is 365 g/mol. The number of benzene rings is 1. The summed E-state index contributed by atoms with van der Waals surface area (Å²) in [5.41, 5.74) is 1.72. The van der Waals surface area contributed by atoms with Crippen LogP contribution in [0.25, 0.3) is 6.08 Å². The van der Waals surface area contributed by atoms with Crippen LogP contribution in [-0.4, -0.2) is 32.4 Å². The van der Waals surface area contributed by atoms with E-state index in [1.54, 1.807) is 30.3 Å². The summed E-state index contributed by atoms with van der Waals surface area (Å²) in [7, 11) is -3.56. The lowest BCUT2D eigenvalue weighted by molar-refractivity contribution is -0.116. The minimum absolute atomic E-state index is 0.117. The molecule has 2 rings (SSSR count). The Hall–Kier alpha value is -2.03. The quantitative estimate of drug-likeness (QED) is 0.579. The molecule has 0 bridgehead atoms. The Morgan fingerprint density at radius 3 is 2.54 bits per heavy atom. The highest BCUT2D eigenvalue weighted by Gasteiger charge is 2.12. The highest BCUT2D eigenvalue weighted by atomic mass is 32.2. The van der Waals surface area contributed by atoms with E-state index in [1.807, 2.05) is 19.2 Å². The third-order valence-corrected chi connectivity index (χ3v) is 5.36. The number of nitrogens with one attached hydrogen (secondary N) is 2. The van der Waals surface area contributed by atoms with Gasteiger partial charge < -0.3 is 5.32 Å². The Balaban J connectivity index is 1.76.